The number of halogens is 3. The number of nitrogens with zero attached hydrogens (tertiary/aromatic N) is 1. The SMILES string of the molecule is COC(=O)CNc1ccc(OCc2sc(-c3ccc(C(F)(F)F)cc3)nc2C)cc1. The Morgan fingerprint density at radius 3 is 2.37 bits per heavy atom. The van der Waals surface area contributed by atoms with Crippen molar-refractivity contribution in [2.45, 2.75) is 19.7 Å². The molecule has 1 heterocycles. The Bertz CT molecular complexity index is 1000. The van der Waals surface area contributed by atoms with E-state index in [1.807, 2.05) is 6.92 Å². The van der Waals surface area contributed by atoms with Gasteiger partial charge in [-0.25, -0.2) is 4.98 Å². The zero-order valence-electron chi connectivity index (χ0n) is 16.2. The third-order valence-electron chi connectivity index (χ3n) is 4.24. The van der Waals surface area contributed by atoms with E-state index in [4.69, 9.17) is 4.74 Å². The second-order valence-electron chi connectivity index (χ2n) is 6.35. The van der Waals surface area contributed by atoms with Gasteiger partial charge in [0.05, 0.1) is 23.2 Å². The van der Waals surface area contributed by atoms with Crippen LogP contribution in [0.3, 0.4) is 0 Å². The summed E-state index contributed by atoms with van der Waals surface area (Å²) in [6.07, 6.45) is -4.36. The Labute approximate surface area is 175 Å². The molecule has 0 spiro atoms. The van der Waals surface area contributed by atoms with Crippen molar-refractivity contribution in [1.82, 2.24) is 4.98 Å². The molecule has 0 fully saturated rings. The van der Waals surface area contributed by atoms with Crippen LogP contribution >= 0.6 is 11.3 Å². The molecule has 0 aliphatic rings. The molecule has 0 saturated carbocycles. The largest absolute Gasteiger partial charge is 0.488 e. The van der Waals surface area contributed by atoms with E-state index in [1.165, 1.54) is 30.6 Å². The van der Waals surface area contributed by atoms with E-state index >= 15 is 0 Å². The summed E-state index contributed by atoms with van der Waals surface area (Å²) < 4.78 is 48.5. The van der Waals surface area contributed by atoms with E-state index in [0.717, 1.165) is 28.4 Å². The van der Waals surface area contributed by atoms with Crippen LogP contribution in [-0.2, 0) is 22.3 Å². The topological polar surface area (TPSA) is 60.5 Å². The molecule has 1 aromatic heterocycles. The zero-order valence-corrected chi connectivity index (χ0v) is 17.1. The van der Waals surface area contributed by atoms with E-state index in [1.54, 1.807) is 24.3 Å². The number of alkyl halides is 3. The van der Waals surface area contributed by atoms with Crippen LogP contribution in [0, 0.1) is 6.92 Å². The van der Waals surface area contributed by atoms with Crippen LogP contribution < -0.4 is 10.1 Å². The van der Waals surface area contributed by atoms with Crippen molar-refractivity contribution in [3.8, 4) is 16.3 Å². The van der Waals surface area contributed by atoms with Crippen LogP contribution in [0.5, 0.6) is 5.75 Å². The van der Waals surface area contributed by atoms with Gasteiger partial charge in [-0.15, -0.1) is 11.3 Å². The van der Waals surface area contributed by atoms with E-state index in [0.29, 0.717) is 22.9 Å². The first kappa shape index (κ1) is 21.6. The highest BCUT2D eigenvalue weighted by Crippen LogP contribution is 2.33. The average Bonchev–Trinajstić information content (AvgIpc) is 3.11. The van der Waals surface area contributed by atoms with Gasteiger partial charge in [-0.2, -0.15) is 13.2 Å². The molecule has 9 heteroatoms. The fourth-order valence-electron chi connectivity index (χ4n) is 2.55. The number of rotatable bonds is 7. The van der Waals surface area contributed by atoms with Crippen LogP contribution in [0.1, 0.15) is 16.1 Å². The number of carbonyl (C=O) groups excluding carboxylic acids is 1. The number of thiazole rings is 1. The first-order chi connectivity index (χ1) is 14.3. The van der Waals surface area contributed by atoms with Crippen LogP contribution in [0.4, 0.5) is 18.9 Å². The highest BCUT2D eigenvalue weighted by Gasteiger charge is 2.30. The van der Waals surface area contributed by atoms with Crippen molar-refractivity contribution in [3.05, 3.63) is 64.7 Å². The van der Waals surface area contributed by atoms with Crippen molar-refractivity contribution < 1.29 is 27.4 Å². The maximum Gasteiger partial charge on any atom is 0.416 e. The Kier molecular flexibility index (Phi) is 6.61. The smallest absolute Gasteiger partial charge is 0.416 e. The second kappa shape index (κ2) is 9.17. The summed E-state index contributed by atoms with van der Waals surface area (Å²) in [5, 5.41) is 3.57. The quantitative estimate of drug-likeness (QED) is 0.509. The van der Waals surface area contributed by atoms with Crippen molar-refractivity contribution in [3.63, 3.8) is 0 Å². The number of esters is 1. The van der Waals surface area contributed by atoms with Gasteiger partial charge in [0.15, 0.2) is 0 Å². The molecule has 158 valence electrons. The highest BCUT2D eigenvalue weighted by atomic mass is 32.1. The normalized spacial score (nSPS) is 11.2. The van der Waals surface area contributed by atoms with Crippen LogP contribution in [0.25, 0.3) is 10.6 Å². The van der Waals surface area contributed by atoms with Gasteiger partial charge >= 0.3 is 12.1 Å². The first-order valence-corrected chi connectivity index (χ1v) is 9.75. The molecule has 1 N–H and O–H groups in total. The minimum absolute atomic E-state index is 0.0729. The Hall–Kier alpha value is -3.07. The number of carbonyl (C=O) groups is 1. The monoisotopic (exact) mass is 436 g/mol. The van der Waals surface area contributed by atoms with Crippen molar-refractivity contribution in [1.29, 1.82) is 0 Å². The summed E-state index contributed by atoms with van der Waals surface area (Å²) in [7, 11) is 1.32. The number of ether oxygens (including phenoxy) is 2. The average molecular weight is 436 g/mol. The van der Waals surface area contributed by atoms with Gasteiger partial charge < -0.3 is 14.8 Å². The molecule has 30 heavy (non-hydrogen) atoms. The van der Waals surface area contributed by atoms with E-state index in [9.17, 15) is 18.0 Å². The lowest BCUT2D eigenvalue weighted by atomic mass is 10.1. The summed E-state index contributed by atoms with van der Waals surface area (Å²) >= 11 is 1.38. The minimum Gasteiger partial charge on any atom is -0.488 e. The minimum atomic E-state index is -4.36. The van der Waals surface area contributed by atoms with Crippen LogP contribution in [0.2, 0.25) is 0 Å². The third kappa shape index (κ3) is 5.50. The molecule has 0 atom stereocenters. The lowest BCUT2D eigenvalue weighted by molar-refractivity contribution is -0.139. The first-order valence-electron chi connectivity index (χ1n) is 8.94. The van der Waals surface area contributed by atoms with E-state index in [2.05, 4.69) is 15.0 Å². The Balaban J connectivity index is 1.61. The van der Waals surface area contributed by atoms with Gasteiger partial charge in [0.25, 0.3) is 0 Å². The van der Waals surface area contributed by atoms with Crippen LogP contribution in [-0.4, -0.2) is 24.6 Å². The fraction of sp³-hybridized carbons (Fsp3) is 0.238. The maximum absolute atomic E-state index is 12.7. The third-order valence-corrected chi connectivity index (χ3v) is 5.42. The van der Waals surface area contributed by atoms with Gasteiger partial charge in [-0.3, -0.25) is 4.79 Å². The molecule has 5 nitrogen and oxygen atoms in total. The zero-order chi connectivity index (χ0) is 21.7. The highest BCUT2D eigenvalue weighted by molar-refractivity contribution is 7.15. The number of benzene rings is 2. The fourth-order valence-corrected chi connectivity index (χ4v) is 3.53. The summed E-state index contributed by atoms with van der Waals surface area (Å²) in [6.45, 7) is 2.20. The van der Waals surface area contributed by atoms with Gasteiger partial charge in [-0.1, -0.05) is 12.1 Å². The van der Waals surface area contributed by atoms with Crippen LogP contribution in [0.15, 0.2) is 48.5 Å². The lowest BCUT2D eigenvalue weighted by Gasteiger charge is -2.08. The van der Waals surface area contributed by atoms with Gasteiger partial charge in [-0.05, 0) is 43.3 Å². The standard InChI is InChI=1S/C21H19F3N2O3S/c1-13-18(12-29-17-9-7-16(8-10-17)25-11-19(27)28-2)30-20(26-13)14-3-5-15(6-4-14)21(22,23)24/h3-10,25H,11-12H2,1-2H3. The molecule has 0 bridgehead atoms. The molecule has 0 amide bonds. The molecule has 3 rings (SSSR count). The lowest BCUT2D eigenvalue weighted by Crippen LogP contribution is -2.14. The molecule has 0 aliphatic carbocycles. The molecule has 2 aromatic carbocycles. The number of aromatic nitrogens is 1. The number of methoxy groups -OCH3 is 1. The van der Waals surface area contributed by atoms with Gasteiger partial charge in [0, 0.05) is 11.3 Å². The van der Waals surface area contributed by atoms with E-state index in [-0.39, 0.29) is 12.5 Å². The molecular weight excluding hydrogens is 417 g/mol. The molecule has 0 saturated heterocycles. The number of hydrogen-bond acceptors (Lipinski definition) is 6. The molecule has 0 aliphatic heterocycles. The number of aryl methyl sites for hydroxylation is 1. The molecule has 3 aromatic rings. The maximum atomic E-state index is 12.7. The summed E-state index contributed by atoms with van der Waals surface area (Å²) in [5.74, 6) is 0.280. The number of hydrogen-bond donors (Lipinski definition) is 1. The number of nitrogens with one attached hydrogen (secondary N) is 1. The summed E-state index contributed by atoms with van der Waals surface area (Å²) in [4.78, 5) is 16.5. The van der Waals surface area contributed by atoms with Crippen molar-refractivity contribution >= 4 is 23.0 Å². The second-order valence-corrected chi connectivity index (χ2v) is 7.43. The van der Waals surface area contributed by atoms with Gasteiger partial charge in [0.2, 0.25) is 0 Å². The molecule has 0 radical (unpaired) electrons. The Morgan fingerprint density at radius 2 is 1.77 bits per heavy atom. The van der Waals surface area contributed by atoms with Gasteiger partial charge in [0.1, 0.15) is 23.9 Å². The molecule has 0 unspecified atom stereocenters. The Morgan fingerprint density at radius 1 is 1.10 bits per heavy atom. The summed E-state index contributed by atoms with van der Waals surface area (Å²) in [5.41, 5.74) is 1.47. The predicted octanol–water partition coefficient (Wildman–Crippen LogP) is 5.30. The van der Waals surface area contributed by atoms with Crippen molar-refractivity contribution in [2.75, 3.05) is 19.0 Å². The molecular formula is C21H19F3N2O3S. The summed E-state index contributed by atoms with van der Waals surface area (Å²) in [6, 6.07) is 12.1. The van der Waals surface area contributed by atoms with Crippen molar-refractivity contribution in [2.24, 2.45) is 0 Å². The van der Waals surface area contributed by atoms with E-state index < -0.39 is 11.7 Å². The predicted molar refractivity (Wildman–Crippen MR) is 109 cm³/mol. The number of anilines is 1.